The summed E-state index contributed by atoms with van der Waals surface area (Å²) in [6.45, 7) is 1.87. The molecule has 3 rings (SSSR count). The van der Waals surface area contributed by atoms with E-state index in [1.165, 1.54) is 17.7 Å². The van der Waals surface area contributed by atoms with Crippen LogP contribution in [-0.4, -0.2) is 31.0 Å². The highest BCUT2D eigenvalue weighted by Gasteiger charge is 2.26. The number of carbonyl (C=O) groups is 1. The van der Waals surface area contributed by atoms with E-state index in [9.17, 15) is 4.79 Å². The van der Waals surface area contributed by atoms with Gasteiger partial charge >= 0.3 is 0 Å². The Bertz CT molecular complexity index is 642. The fourth-order valence-electron chi connectivity index (χ4n) is 3.10. The Labute approximate surface area is 141 Å². The minimum atomic E-state index is 0.0336. The lowest BCUT2D eigenvalue weighted by Crippen LogP contribution is -2.27. The Hall–Kier alpha value is -1.85. The summed E-state index contributed by atoms with van der Waals surface area (Å²) in [5, 5.41) is 5.07. The number of hydrogen-bond acceptors (Lipinski definition) is 4. The molecule has 2 aromatic rings. The molecule has 5 heteroatoms. The van der Waals surface area contributed by atoms with Crippen molar-refractivity contribution >= 4 is 22.9 Å². The zero-order valence-corrected chi connectivity index (χ0v) is 14.1. The molecule has 0 saturated carbocycles. The third-order valence-corrected chi connectivity index (χ3v) is 5.22. The first-order chi connectivity index (χ1) is 11.3. The number of ether oxygens (including phenoxy) is 1. The Balaban J connectivity index is 1.54. The quantitative estimate of drug-likeness (QED) is 0.873. The van der Waals surface area contributed by atoms with E-state index >= 15 is 0 Å². The van der Waals surface area contributed by atoms with Gasteiger partial charge < -0.3 is 10.1 Å². The Morgan fingerprint density at radius 1 is 1.35 bits per heavy atom. The van der Waals surface area contributed by atoms with Crippen molar-refractivity contribution < 1.29 is 9.53 Å². The van der Waals surface area contributed by atoms with Crippen LogP contribution in [0.15, 0.2) is 41.8 Å². The van der Waals surface area contributed by atoms with Crippen LogP contribution in [0.5, 0.6) is 5.75 Å². The predicted molar refractivity (Wildman–Crippen MR) is 94.1 cm³/mol. The standard InChI is InChI=1S/C18H22N2O2S/c1-22-16-8-3-2-6-14(16)19-18(21)10-12-20-11-4-7-15(20)17-9-5-13-23-17/h2-3,5-6,8-9,13,15H,4,7,10-12H2,1H3,(H,19,21)/t15-/m0/s1. The zero-order valence-electron chi connectivity index (χ0n) is 13.3. The van der Waals surface area contributed by atoms with Gasteiger partial charge in [0.2, 0.25) is 5.91 Å². The predicted octanol–water partition coefficient (Wildman–Crippen LogP) is 3.92. The van der Waals surface area contributed by atoms with E-state index in [0.717, 1.165) is 18.8 Å². The largest absolute Gasteiger partial charge is 0.495 e. The molecule has 23 heavy (non-hydrogen) atoms. The van der Waals surface area contributed by atoms with Crippen molar-refractivity contribution in [1.82, 2.24) is 4.90 Å². The summed E-state index contributed by atoms with van der Waals surface area (Å²) >= 11 is 1.81. The number of hydrogen-bond donors (Lipinski definition) is 1. The molecular formula is C18H22N2O2S. The van der Waals surface area contributed by atoms with E-state index in [-0.39, 0.29) is 5.91 Å². The molecule has 0 bridgehead atoms. The van der Waals surface area contributed by atoms with Gasteiger partial charge in [-0.05, 0) is 43.0 Å². The number of methoxy groups -OCH3 is 1. The van der Waals surface area contributed by atoms with Gasteiger partial charge in [0.1, 0.15) is 5.75 Å². The second kappa shape index (κ2) is 7.62. The van der Waals surface area contributed by atoms with Crippen molar-refractivity contribution in [3.05, 3.63) is 46.7 Å². The molecule has 2 heterocycles. The summed E-state index contributed by atoms with van der Waals surface area (Å²) < 4.78 is 5.27. The molecule has 1 amide bonds. The number of amides is 1. The van der Waals surface area contributed by atoms with Gasteiger partial charge in [0.15, 0.2) is 0 Å². The molecule has 0 radical (unpaired) electrons. The number of thiophene rings is 1. The minimum Gasteiger partial charge on any atom is -0.495 e. The molecule has 1 N–H and O–H groups in total. The van der Waals surface area contributed by atoms with Gasteiger partial charge in [0, 0.05) is 23.9 Å². The summed E-state index contributed by atoms with van der Waals surface area (Å²) in [5.74, 6) is 0.727. The highest BCUT2D eigenvalue weighted by atomic mass is 32.1. The molecule has 0 aliphatic carbocycles. The molecule has 1 aromatic carbocycles. The van der Waals surface area contributed by atoms with Crippen LogP contribution in [0.2, 0.25) is 0 Å². The Morgan fingerprint density at radius 3 is 3.00 bits per heavy atom. The van der Waals surface area contributed by atoms with Gasteiger partial charge in [-0.25, -0.2) is 0 Å². The van der Waals surface area contributed by atoms with Crippen LogP contribution in [-0.2, 0) is 4.79 Å². The summed E-state index contributed by atoms with van der Waals surface area (Å²) in [6, 6.07) is 12.3. The molecule has 0 unspecified atom stereocenters. The number of para-hydroxylation sites is 2. The number of nitrogens with zero attached hydrogens (tertiary/aromatic N) is 1. The SMILES string of the molecule is COc1ccccc1NC(=O)CCN1CCC[C@H]1c1cccs1. The van der Waals surface area contributed by atoms with Crippen LogP contribution in [0.1, 0.15) is 30.2 Å². The third-order valence-electron chi connectivity index (χ3n) is 4.24. The highest BCUT2D eigenvalue weighted by Crippen LogP contribution is 2.34. The van der Waals surface area contributed by atoms with E-state index < -0.39 is 0 Å². The average Bonchev–Trinajstić information content (AvgIpc) is 3.24. The molecular weight excluding hydrogens is 308 g/mol. The molecule has 1 fully saturated rings. The van der Waals surface area contributed by atoms with Gasteiger partial charge in [-0.3, -0.25) is 9.69 Å². The minimum absolute atomic E-state index is 0.0336. The van der Waals surface area contributed by atoms with Crippen molar-refractivity contribution in [2.75, 3.05) is 25.5 Å². The smallest absolute Gasteiger partial charge is 0.225 e. The fraction of sp³-hybridized carbons (Fsp3) is 0.389. The Morgan fingerprint density at radius 2 is 2.22 bits per heavy atom. The maximum atomic E-state index is 12.2. The molecule has 1 atom stereocenters. The van der Waals surface area contributed by atoms with Crippen molar-refractivity contribution in [3.8, 4) is 5.75 Å². The van der Waals surface area contributed by atoms with E-state index in [1.54, 1.807) is 18.4 Å². The molecule has 1 saturated heterocycles. The van der Waals surface area contributed by atoms with Gasteiger partial charge in [-0.15, -0.1) is 11.3 Å². The summed E-state index contributed by atoms with van der Waals surface area (Å²) in [4.78, 5) is 16.1. The second-order valence-corrected chi connectivity index (χ2v) is 6.69. The Kier molecular flexibility index (Phi) is 5.31. The fourth-order valence-corrected chi connectivity index (χ4v) is 4.00. The van der Waals surface area contributed by atoms with E-state index in [4.69, 9.17) is 4.74 Å². The first kappa shape index (κ1) is 16.0. The normalized spacial score (nSPS) is 18.0. The first-order valence-electron chi connectivity index (χ1n) is 7.98. The van der Waals surface area contributed by atoms with Gasteiger partial charge in [0.05, 0.1) is 12.8 Å². The number of benzene rings is 1. The molecule has 122 valence electrons. The van der Waals surface area contributed by atoms with E-state index in [1.807, 2.05) is 24.3 Å². The van der Waals surface area contributed by atoms with E-state index in [2.05, 4.69) is 27.7 Å². The van der Waals surface area contributed by atoms with E-state index in [0.29, 0.717) is 18.2 Å². The van der Waals surface area contributed by atoms with Crippen LogP contribution in [0.3, 0.4) is 0 Å². The van der Waals surface area contributed by atoms with Crippen molar-refractivity contribution in [1.29, 1.82) is 0 Å². The highest BCUT2D eigenvalue weighted by molar-refractivity contribution is 7.10. The van der Waals surface area contributed by atoms with Crippen LogP contribution < -0.4 is 10.1 Å². The summed E-state index contributed by atoms with van der Waals surface area (Å²) in [5.41, 5.74) is 0.733. The van der Waals surface area contributed by atoms with Crippen LogP contribution >= 0.6 is 11.3 Å². The number of nitrogens with one attached hydrogen (secondary N) is 1. The van der Waals surface area contributed by atoms with Gasteiger partial charge in [-0.2, -0.15) is 0 Å². The lowest BCUT2D eigenvalue weighted by Gasteiger charge is -2.23. The molecule has 1 aliphatic heterocycles. The zero-order chi connectivity index (χ0) is 16.1. The third kappa shape index (κ3) is 3.92. The van der Waals surface area contributed by atoms with Crippen molar-refractivity contribution in [2.45, 2.75) is 25.3 Å². The summed E-state index contributed by atoms with van der Waals surface area (Å²) in [7, 11) is 1.61. The molecule has 1 aromatic heterocycles. The first-order valence-corrected chi connectivity index (χ1v) is 8.86. The average molecular weight is 330 g/mol. The van der Waals surface area contributed by atoms with Crippen molar-refractivity contribution in [3.63, 3.8) is 0 Å². The molecule has 4 nitrogen and oxygen atoms in total. The number of carbonyl (C=O) groups excluding carboxylic acids is 1. The number of rotatable bonds is 6. The second-order valence-electron chi connectivity index (χ2n) is 5.71. The lowest BCUT2D eigenvalue weighted by molar-refractivity contribution is -0.116. The molecule has 1 aliphatic rings. The summed E-state index contributed by atoms with van der Waals surface area (Å²) in [6.07, 6.45) is 2.89. The monoisotopic (exact) mass is 330 g/mol. The maximum Gasteiger partial charge on any atom is 0.225 e. The number of anilines is 1. The maximum absolute atomic E-state index is 12.2. The van der Waals surface area contributed by atoms with Crippen molar-refractivity contribution in [2.24, 2.45) is 0 Å². The lowest BCUT2D eigenvalue weighted by atomic mass is 10.2. The van der Waals surface area contributed by atoms with Crippen LogP contribution in [0, 0.1) is 0 Å². The van der Waals surface area contributed by atoms with Gasteiger partial charge in [-0.1, -0.05) is 18.2 Å². The van der Waals surface area contributed by atoms with Gasteiger partial charge in [0.25, 0.3) is 0 Å². The van der Waals surface area contributed by atoms with Crippen LogP contribution in [0.25, 0.3) is 0 Å². The van der Waals surface area contributed by atoms with Crippen LogP contribution in [0.4, 0.5) is 5.69 Å². The number of likely N-dealkylation sites (tertiary alicyclic amines) is 1. The molecule has 0 spiro atoms. The topological polar surface area (TPSA) is 41.6 Å².